The van der Waals surface area contributed by atoms with Crippen molar-refractivity contribution in [2.75, 3.05) is 13.2 Å². The first-order valence-electron chi connectivity index (χ1n) is 4.71. The minimum atomic E-state index is -0.602. The molecule has 1 atom stereocenters. The van der Waals surface area contributed by atoms with Crippen LogP contribution < -0.4 is 5.73 Å². The van der Waals surface area contributed by atoms with E-state index in [2.05, 4.69) is 20.8 Å². The van der Waals surface area contributed by atoms with Crippen LogP contribution in [0.2, 0.25) is 0 Å². The second-order valence-corrected chi connectivity index (χ2v) is 5.20. The maximum absolute atomic E-state index is 9.53. The second kappa shape index (κ2) is 4.40. The molecule has 0 aliphatic rings. The summed E-state index contributed by atoms with van der Waals surface area (Å²) in [6.07, 6.45) is -0.602. The number of aliphatic hydroxyl groups excluding tert-OH is 1. The van der Waals surface area contributed by atoms with Gasteiger partial charge in [0.25, 0.3) is 0 Å². The summed E-state index contributed by atoms with van der Waals surface area (Å²) in [4.78, 5) is 0. The zero-order valence-electron chi connectivity index (χ0n) is 9.42. The highest BCUT2D eigenvalue weighted by Gasteiger charge is 2.29. The Balaban J connectivity index is 4.03. The van der Waals surface area contributed by atoms with E-state index >= 15 is 0 Å². The molecule has 0 aliphatic heterocycles. The van der Waals surface area contributed by atoms with Crippen LogP contribution in [0, 0.1) is 5.41 Å². The van der Waals surface area contributed by atoms with Crippen molar-refractivity contribution in [3.8, 4) is 0 Å². The molecule has 0 aromatic heterocycles. The molecule has 0 amide bonds. The van der Waals surface area contributed by atoms with Crippen molar-refractivity contribution in [3.63, 3.8) is 0 Å². The van der Waals surface area contributed by atoms with Crippen molar-refractivity contribution >= 4 is 0 Å². The van der Waals surface area contributed by atoms with Gasteiger partial charge >= 0.3 is 0 Å². The van der Waals surface area contributed by atoms with E-state index < -0.39 is 11.7 Å². The highest BCUT2D eigenvalue weighted by molar-refractivity contribution is 4.80. The van der Waals surface area contributed by atoms with Gasteiger partial charge in [-0.3, -0.25) is 0 Å². The van der Waals surface area contributed by atoms with Gasteiger partial charge in [0.15, 0.2) is 0 Å². The number of ether oxygens (including phenoxy) is 1. The number of hydrogen-bond acceptors (Lipinski definition) is 3. The summed E-state index contributed by atoms with van der Waals surface area (Å²) in [5, 5.41) is 9.53. The van der Waals surface area contributed by atoms with E-state index in [4.69, 9.17) is 10.5 Å². The Morgan fingerprint density at radius 1 is 1.23 bits per heavy atom. The molecule has 0 aromatic rings. The van der Waals surface area contributed by atoms with Crippen LogP contribution in [-0.4, -0.2) is 30.0 Å². The van der Waals surface area contributed by atoms with Gasteiger partial charge in [-0.1, -0.05) is 20.8 Å². The van der Waals surface area contributed by atoms with Crippen molar-refractivity contribution in [2.45, 2.75) is 46.3 Å². The van der Waals surface area contributed by atoms with Gasteiger partial charge in [0.2, 0.25) is 0 Å². The van der Waals surface area contributed by atoms with Gasteiger partial charge in [-0.2, -0.15) is 0 Å². The molecule has 0 saturated heterocycles. The van der Waals surface area contributed by atoms with Gasteiger partial charge in [-0.05, 0) is 19.3 Å². The Hall–Kier alpha value is -0.120. The van der Waals surface area contributed by atoms with Crippen molar-refractivity contribution in [1.29, 1.82) is 0 Å². The van der Waals surface area contributed by atoms with Crippen LogP contribution in [0.1, 0.15) is 34.6 Å². The minimum absolute atomic E-state index is 0.117. The first-order chi connectivity index (χ1) is 5.69. The van der Waals surface area contributed by atoms with Gasteiger partial charge in [-0.15, -0.1) is 0 Å². The van der Waals surface area contributed by atoms with E-state index in [-0.39, 0.29) is 12.0 Å². The van der Waals surface area contributed by atoms with Gasteiger partial charge in [0.05, 0.1) is 18.3 Å². The van der Waals surface area contributed by atoms with Gasteiger partial charge < -0.3 is 15.6 Å². The first-order valence-corrected chi connectivity index (χ1v) is 4.71. The van der Waals surface area contributed by atoms with Crippen LogP contribution in [-0.2, 0) is 4.74 Å². The summed E-state index contributed by atoms with van der Waals surface area (Å²) >= 11 is 0. The van der Waals surface area contributed by atoms with Crippen LogP contribution in [0.5, 0.6) is 0 Å². The Labute approximate surface area is 81.3 Å². The minimum Gasteiger partial charge on any atom is -0.389 e. The quantitative estimate of drug-likeness (QED) is 0.697. The molecule has 0 bridgehead atoms. The largest absolute Gasteiger partial charge is 0.389 e. The Morgan fingerprint density at radius 3 is 2.00 bits per heavy atom. The monoisotopic (exact) mass is 189 g/mol. The topological polar surface area (TPSA) is 55.5 Å². The van der Waals surface area contributed by atoms with E-state index in [1.807, 2.05) is 13.8 Å². The summed E-state index contributed by atoms with van der Waals surface area (Å²) in [6.45, 7) is 10.9. The fraction of sp³-hybridized carbons (Fsp3) is 1.00. The predicted molar refractivity (Wildman–Crippen MR) is 54.5 cm³/mol. The first kappa shape index (κ1) is 12.9. The van der Waals surface area contributed by atoms with Crippen LogP contribution in [0.4, 0.5) is 0 Å². The van der Waals surface area contributed by atoms with Gasteiger partial charge in [0, 0.05) is 6.54 Å². The molecule has 0 fully saturated rings. The molecule has 0 radical (unpaired) electrons. The maximum atomic E-state index is 9.53. The third-order valence-electron chi connectivity index (χ3n) is 1.90. The zero-order chi connectivity index (χ0) is 10.7. The summed E-state index contributed by atoms with van der Waals surface area (Å²) in [5.74, 6) is 0. The van der Waals surface area contributed by atoms with Crippen LogP contribution in [0.3, 0.4) is 0 Å². The molecule has 3 N–H and O–H groups in total. The van der Waals surface area contributed by atoms with E-state index in [9.17, 15) is 5.11 Å². The SMILES string of the molecule is CC(C)(C)COC(C)(C)C(O)CN. The van der Waals surface area contributed by atoms with E-state index in [1.54, 1.807) is 0 Å². The molecule has 0 spiro atoms. The van der Waals surface area contributed by atoms with Gasteiger partial charge in [-0.25, -0.2) is 0 Å². The normalized spacial score (nSPS) is 15.9. The average molecular weight is 189 g/mol. The molecular formula is C10H23NO2. The molecule has 0 aromatic carbocycles. The number of nitrogens with two attached hydrogens (primary N) is 1. The maximum Gasteiger partial charge on any atom is 0.0946 e. The van der Waals surface area contributed by atoms with Crippen LogP contribution >= 0.6 is 0 Å². The Kier molecular flexibility index (Phi) is 4.36. The molecule has 0 aliphatic carbocycles. The second-order valence-electron chi connectivity index (χ2n) is 5.20. The highest BCUT2D eigenvalue weighted by Crippen LogP contribution is 2.20. The lowest BCUT2D eigenvalue weighted by atomic mass is 9.96. The molecule has 0 rings (SSSR count). The van der Waals surface area contributed by atoms with E-state index in [1.165, 1.54) is 0 Å². The molecule has 0 saturated carbocycles. The van der Waals surface area contributed by atoms with Crippen LogP contribution in [0.25, 0.3) is 0 Å². The molecule has 13 heavy (non-hydrogen) atoms. The Morgan fingerprint density at radius 2 is 1.69 bits per heavy atom. The van der Waals surface area contributed by atoms with E-state index in [0.717, 1.165) is 0 Å². The molecule has 3 nitrogen and oxygen atoms in total. The van der Waals surface area contributed by atoms with Gasteiger partial charge in [0.1, 0.15) is 0 Å². The zero-order valence-corrected chi connectivity index (χ0v) is 9.42. The molecule has 80 valence electrons. The molecule has 3 heteroatoms. The van der Waals surface area contributed by atoms with Crippen LogP contribution in [0.15, 0.2) is 0 Å². The summed E-state index contributed by atoms with van der Waals surface area (Å²) in [6, 6.07) is 0. The lowest BCUT2D eigenvalue weighted by Gasteiger charge is -2.33. The summed E-state index contributed by atoms with van der Waals surface area (Å²) in [5.41, 5.74) is 4.93. The average Bonchev–Trinajstić information content (AvgIpc) is 1.98. The third-order valence-corrected chi connectivity index (χ3v) is 1.90. The lowest BCUT2D eigenvalue weighted by Crippen LogP contribution is -2.45. The standard InChI is InChI=1S/C10H23NO2/c1-9(2,3)7-13-10(4,5)8(12)6-11/h8,12H,6-7,11H2,1-5H3. The number of aliphatic hydroxyl groups is 1. The fourth-order valence-corrected chi connectivity index (χ4v) is 0.783. The third kappa shape index (κ3) is 5.24. The highest BCUT2D eigenvalue weighted by atomic mass is 16.5. The van der Waals surface area contributed by atoms with Crippen molar-refractivity contribution in [3.05, 3.63) is 0 Å². The predicted octanol–water partition coefficient (Wildman–Crippen LogP) is 1.15. The van der Waals surface area contributed by atoms with Crippen molar-refractivity contribution in [1.82, 2.24) is 0 Å². The van der Waals surface area contributed by atoms with E-state index in [0.29, 0.717) is 6.61 Å². The summed E-state index contributed by atoms with van der Waals surface area (Å²) < 4.78 is 5.62. The molecular weight excluding hydrogens is 166 g/mol. The molecule has 0 heterocycles. The fourth-order valence-electron chi connectivity index (χ4n) is 0.783. The van der Waals surface area contributed by atoms with Crippen molar-refractivity contribution < 1.29 is 9.84 Å². The lowest BCUT2D eigenvalue weighted by molar-refractivity contribution is -0.115. The number of rotatable bonds is 4. The summed E-state index contributed by atoms with van der Waals surface area (Å²) in [7, 11) is 0. The van der Waals surface area contributed by atoms with Crippen molar-refractivity contribution in [2.24, 2.45) is 11.1 Å². The smallest absolute Gasteiger partial charge is 0.0946 e. The Bertz CT molecular complexity index is 149. The number of hydrogen-bond donors (Lipinski definition) is 2. The molecule has 1 unspecified atom stereocenters.